The van der Waals surface area contributed by atoms with Crippen LogP contribution in [0.1, 0.15) is 24.0 Å². The fraction of sp³-hybridized carbons (Fsp3) is 0.600. The van der Waals surface area contributed by atoms with Crippen molar-refractivity contribution in [3.8, 4) is 0 Å². The van der Waals surface area contributed by atoms with Crippen LogP contribution < -0.4 is 0 Å². The first-order chi connectivity index (χ1) is 9.99. The van der Waals surface area contributed by atoms with Crippen LogP contribution in [0.5, 0.6) is 0 Å². The Balaban J connectivity index is 1.86. The van der Waals surface area contributed by atoms with E-state index >= 15 is 0 Å². The average Bonchev–Trinajstić information content (AvgIpc) is 2.46. The highest BCUT2D eigenvalue weighted by Gasteiger charge is 2.30. The van der Waals surface area contributed by atoms with Gasteiger partial charge in [-0.15, -0.1) is 11.6 Å². The van der Waals surface area contributed by atoms with Crippen molar-refractivity contribution in [3.05, 3.63) is 35.4 Å². The Hall–Kier alpha value is -0.780. The minimum atomic E-state index is -4.28. The Labute approximate surface area is 127 Å². The largest absolute Gasteiger partial charge is 0.416 e. The first kappa shape index (κ1) is 16.6. The van der Waals surface area contributed by atoms with Crippen molar-refractivity contribution in [1.29, 1.82) is 0 Å². The number of nitrogens with zero attached hydrogens (tertiary/aromatic N) is 1. The first-order valence-corrected chi connectivity index (χ1v) is 7.58. The molecule has 118 valence electrons. The highest BCUT2D eigenvalue weighted by Crippen LogP contribution is 2.30. The third-order valence-corrected chi connectivity index (χ3v) is 3.78. The number of piperidine rings is 1. The molecule has 2 rings (SSSR count). The van der Waals surface area contributed by atoms with Crippen LogP contribution in [0.25, 0.3) is 0 Å². The zero-order valence-electron chi connectivity index (χ0n) is 11.7. The summed E-state index contributed by atoms with van der Waals surface area (Å²) in [6, 6.07) is 5.55. The Morgan fingerprint density at radius 3 is 2.57 bits per heavy atom. The molecule has 0 amide bonds. The number of benzene rings is 1. The fourth-order valence-electron chi connectivity index (χ4n) is 2.55. The summed E-state index contributed by atoms with van der Waals surface area (Å²) in [6.45, 7) is 2.78. The highest BCUT2D eigenvalue weighted by molar-refractivity contribution is 6.17. The van der Waals surface area contributed by atoms with E-state index < -0.39 is 11.7 Å². The molecule has 0 N–H and O–H groups in total. The van der Waals surface area contributed by atoms with E-state index in [1.54, 1.807) is 6.07 Å². The van der Waals surface area contributed by atoms with Crippen molar-refractivity contribution in [2.24, 2.45) is 0 Å². The van der Waals surface area contributed by atoms with E-state index in [1.165, 1.54) is 12.1 Å². The molecule has 0 aromatic heterocycles. The zero-order valence-corrected chi connectivity index (χ0v) is 12.5. The summed E-state index contributed by atoms with van der Waals surface area (Å²) in [7, 11) is 0. The second-order valence-corrected chi connectivity index (χ2v) is 5.61. The fourth-order valence-corrected chi connectivity index (χ4v) is 2.64. The van der Waals surface area contributed by atoms with Crippen LogP contribution in [-0.2, 0) is 17.5 Å². The molecule has 1 aliphatic heterocycles. The second kappa shape index (κ2) is 7.47. The number of hydrogen-bond donors (Lipinski definition) is 0. The summed E-state index contributed by atoms with van der Waals surface area (Å²) in [4.78, 5) is 2.16. The molecule has 1 fully saturated rings. The topological polar surface area (TPSA) is 12.5 Å². The smallest absolute Gasteiger partial charge is 0.377 e. The molecular formula is C15H19ClF3NO. The minimum absolute atomic E-state index is 0.224. The van der Waals surface area contributed by atoms with Crippen molar-refractivity contribution >= 4 is 11.6 Å². The lowest BCUT2D eigenvalue weighted by atomic mass is 10.1. The summed E-state index contributed by atoms with van der Waals surface area (Å²) in [5.41, 5.74) is 0.116. The molecule has 0 radical (unpaired) electrons. The van der Waals surface area contributed by atoms with E-state index in [2.05, 4.69) is 4.90 Å². The summed E-state index contributed by atoms with van der Waals surface area (Å²) < 4.78 is 43.6. The highest BCUT2D eigenvalue weighted by atomic mass is 35.5. The van der Waals surface area contributed by atoms with Gasteiger partial charge in [0, 0.05) is 25.5 Å². The zero-order chi connectivity index (χ0) is 15.3. The summed E-state index contributed by atoms with van der Waals surface area (Å²) >= 11 is 5.58. The number of likely N-dealkylation sites (tertiary alicyclic amines) is 1. The molecule has 0 bridgehead atoms. The van der Waals surface area contributed by atoms with Crippen molar-refractivity contribution in [2.45, 2.75) is 31.7 Å². The van der Waals surface area contributed by atoms with Crippen LogP contribution >= 0.6 is 11.6 Å². The van der Waals surface area contributed by atoms with Gasteiger partial charge in [0.25, 0.3) is 0 Å². The van der Waals surface area contributed by atoms with E-state index in [-0.39, 0.29) is 6.10 Å². The second-order valence-electron chi connectivity index (χ2n) is 5.23. The maximum atomic E-state index is 12.7. The van der Waals surface area contributed by atoms with E-state index in [1.807, 2.05) is 0 Å². The van der Waals surface area contributed by atoms with Crippen LogP contribution in [0.15, 0.2) is 24.3 Å². The van der Waals surface area contributed by atoms with E-state index in [4.69, 9.17) is 16.3 Å². The molecule has 0 aliphatic carbocycles. The summed E-state index contributed by atoms with van der Waals surface area (Å²) in [5, 5.41) is 0. The Morgan fingerprint density at radius 1 is 1.24 bits per heavy atom. The maximum Gasteiger partial charge on any atom is 0.416 e. The van der Waals surface area contributed by atoms with Crippen LogP contribution in [0.3, 0.4) is 0 Å². The van der Waals surface area contributed by atoms with Gasteiger partial charge in [-0.1, -0.05) is 18.2 Å². The van der Waals surface area contributed by atoms with Crippen molar-refractivity contribution in [1.82, 2.24) is 4.90 Å². The molecule has 21 heavy (non-hydrogen) atoms. The minimum Gasteiger partial charge on any atom is -0.377 e. The predicted octanol–water partition coefficient (Wildman–Crippen LogP) is 3.93. The molecule has 1 aromatic carbocycles. The summed E-state index contributed by atoms with van der Waals surface area (Å²) in [5.74, 6) is 0.491. The van der Waals surface area contributed by atoms with Crippen LogP contribution in [0.4, 0.5) is 13.2 Å². The van der Waals surface area contributed by atoms with Crippen molar-refractivity contribution in [3.63, 3.8) is 0 Å². The van der Waals surface area contributed by atoms with Gasteiger partial charge in [0.1, 0.15) is 0 Å². The molecule has 0 atom stereocenters. The molecule has 6 heteroatoms. The molecular weight excluding hydrogens is 303 g/mol. The maximum absolute atomic E-state index is 12.7. The molecule has 1 aliphatic rings. The Morgan fingerprint density at radius 2 is 1.95 bits per heavy atom. The number of alkyl halides is 4. The normalized spacial score (nSPS) is 18.1. The third-order valence-electron chi connectivity index (χ3n) is 3.63. The standard InChI is InChI=1S/C15H19ClF3NO/c16-6-9-21-14-4-7-20(8-5-14)11-12-2-1-3-13(10-12)15(17,18)19/h1-3,10,14H,4-9,11H2. The van der Waals surface area contributed by atoms with Gasteiger partial charge in [-0.25, -0.2) is 0 Å². The Kier molecular flexibility index (Phi) is 5.90. The first-order valence-electron chi connectivity index (χ1n) is 7.05. The molecule has 1 aromatic rings. The number of ether oxygens (including phenoxy) is 1. The number of halogens is 4. The number of hydrogen-bond acceptors (Lipinski definition) is 2. The SMILES string of the molecule is FC(F)(F)c1cccc(CN2CCC(OCCCl)CC2)c1. The van der Waals surface area contributed by atoms with Gasteiger partial charge in [0.2, 0.25) is 0 Å². The van der Waals surface area contributed by atoms with Gasteiger partial charge in [-0.2, -0.15) is 13.2 Å². The van der Waals surface area contributed by atoms with Crippen LogP contribution in [0, 0.1) is 0 Å². The molecule has 0 saturated carbocycles. The molecule has 0 unspecified atom stereocenters. The lowest BCUT2D eigenvalue weighted by Gasteiger charge is -2.31. The average molecular weight is 322 g/mol. The number of rotatable bonds is 5. The van der Waals surface area contributed by atoms with Crippen molar-refractivity contribution < 1.29 is 17.9 Å². The van der Waals surface area contributed by atoms with E-state index in [0.29, 0.717) is 24.6 Å². The summed E-state index contributed by atoms with van der Waals surface area (Å²) in [6.07, 6.45) is -2.26. The molecule has 2 nitrogen and oxygen atoms in total. The van der Waals surface area contributed by atoms with E-state index in [9.17, 15) is 13.2 Å². The van der Waals surface area contributed by atoms with Gasteiger partial charge in [0.05, 0.1) is 18.3 Å². The van der Waals surface area contributed by atoms with Crippen molar-refractivity contribution in [2.75, 3.05) is 25.6 Å². The monoisotopic (exact) mass is 321 g/mol. The van der Waals surface area contributed by atoms with Crippen LogP contribution in [-0.4, -0.2) is 36.6 Å². The van der Waals surface area contributed by atoms with Gasteiger partial charge in [-0.05, 0) is 24.5 Å². The molecule has 0 spiro atoms. The van der Waals surface area contributed by atoms with E-state index in [0.717, 1.165) is 32.0 Å². The molecule has 1 heterocycles. The van der Waals surface area contributed by atoms with Gasteiger partial charge < -0.3 is 4.74 Å². The van der Waals surface area contributed by atoms with Gasteiger partial charge in [0.15, 0.2) is 0 Å². The van der Waals surface area contributed by atoms with Gasteiger partial charge >= 0.3 is 6.18 Å². The Bertz CT molecular complexity index is 445. The van der Waals surface area contributed by atoms with Crippen LogP contribution in [0.2, 0.25) is 0 Å². The quantitative estimate of drug-likeness (QED) is 0.762. The predicted molar refractivity (Wildman–Crippen MR) is 76.4 cm³/mol. The third kappa shape index (κ3) is 5.16. The van der Waals surface area contributed by atoms with Gasteiger partial charge in [-0.3, -0.25) is 4.90 Å². The lowest BCUT2D eigenvalue weighted by Crippen LogP contribution is -2.36. The lowest BCUT2D eigenvalue weighted by molar-refractivity contribution is -0.137. The molecule has 1 saturated heterocycles.